The van der Waals surface area contributed by atoms with E-state index in [1.807, 2.05) is 14.0 Å². The summed E-state index contributed by atoms with van der Waals surface area (Å²) in [4.78, 5) is 2.19. The third-order valence-electron chi connectivity index (χ3n) is 2.44. The molecule has 2 N–H and O–H groups in total. The van der Waals surface area contributed by atoms with E-state index < -0.39 is 0 Å². The van der Waals surface area contributed by atoms with Crippen molar-refractivity contribution in [2.24, 2.45) is 11.1 Å². The molecule has 0 aromatic carbocycles. The lowest BCUT2D eigenvalue weighted by Gasteiger charge is -2.40. The van der Waals surface area contributed by atoms with Gasteiger partial charge in [-0.05, 0) is 19.4 Å². The standard InChI is InChI=1S/C11H23N3/c1-9(13)10(11(2,3)4)14(5)8-6-7-12/h9-10H,6,8,13H2,1-5H3. The van der Waals surface area contributed by atoms with Crippen LogP contribution in [-0.2, 0) is 0 Å². The zero-order valence-electron chi connectivity index (χ0n) is 10.0. The third-order valence-corrected chi connectivity index (χ3v) is 2.44. The van der Waals surface area contributed by atoms with Gasteiger partial charge in [-0.3, -0.25) is 0 Å². The van der Waals surface area contributed by atoms with Crippen molar-refractivity contribution in [3.63, 3.8) is 0 Å². The Kier molecular flexibility index (Phi) is 5.11. The van der Waals surface area contributed by atoms with Crippen molar-refractivity contribution >= 4 is 0 Å². The summed E-state index contributed by atoms with van der Waals surface area (Å²) in [5.74, 6) is 0. The highest BCUT2D eigenvalue weighted by atomic mass is 15.2. The number of nitriles is 1. The van der Waals surface area contributed by atoms with Gasteiger partial charge in [-0.1, -0.05) is 20.8 Å². The van der Waals surface area contributed by atoms with Crippen LogP contribution in [0.1, 0.15) is 34.1 Å². The zero-order chi connectivity index (χ0) is 11.4. The number of likely N-dealkylation sites (N-methyl/N-ethyl adjacent to an activating group) is 1. The Hall–Kier alpha value is -0.590. The minimum Gasteiger partial charge on any atom is -0.327 e. The lowest BCUT2D eigenvalue weighted by Crippen LogP contribution is -2.52. The monoisotopic (exact) mass is 197 g/mol. The van der Waals surface area contributed by atoms with Crippen molar-refractivity contribution in [2.45, 2.75) is 46.2 Å². The largest absolute Gasteiger partial charge is 0.327 e. The molecule has 0 aliphatic carbocycles. The van der Waals surface area contributed by atoms with Gasteiger partial charge in [-0.15, -0.1) is 0 Å². The zero-order valence-corrected chi connectivity index (χ0v) is 10.0. The fourth-order valence-corrected chi connectivity index (χ4v) is 2.22. The van der Waals surface area contributed by atoms with Gasteiger partial charge in [0.15, 0.2) is 0 Å². The van der Waals surface area contributed by atoms with E-state index in [1.54, 1.807) is 0 Å². The third kappa shape index (κ3) is 4.08. The van der Waals surface area contributed by atoms with Crippen LogP contribution in [0.4, 0.5) is 0 Å². The molecule has 3 nitrogen and oxygen atoms in total. The minimum atomic E-state index is 0.124. The second kappa shape index (κ2) is 5.33. The number of rotatable bonds is 4. The van der Waals surface area contributed by atoms with Crippen LogP contribution in [-0.4, -0.2) is 30.6 Å². The van der Waals surface area contributed by atoms with Crippen LogP contribution in [0.2, 0.25) is 0 Å². The highest BCUT2D eigenvalue weighted by Crippen LogP contribution is 2.25. The van der Waals surface area contributed by atoms with Gasteiger partial charge in [-0.2, -0.15) is 5.26 Å². The molecule has 0 aromatic rings. The fourth-order valence-electron chi connectivity index (χ4n) is 2.22. The number of nitrogens with two attached hydrogens (primary N) is 1. The molecule has 82 valence electrons. The average Bonchev–Trinajstić information content (AvgIpc) is 1.97. The molecule has 2 atom stereocenters. The Morgan fingerprint density at radius 3 is 2.21 bits per heavy atom. The minimum absolute atomic E-state index is 0.124. The molecule has 0 aliphatic heterocycles. The predicted octanol–water partition coefficient (Wildman–Crippen LogP) is 1.59. The van der Waals surface area contributed by atoms with Crippen LogP contribution < -0.4 is 5.73 Å². The Balaban J connectivity index is 4.44. The van der Waals surface area contributed by atoms with Crippen molar-refractivity contribution in [1.82, 2.24) is 4.90 Å². The molecule has 2 unspecified atom stereocenters. The summed E-state index contributed by atoms with van der Waals surface area (Å²) in [6.07, 6.45) is 0.565. The van der Waals surface area contributed by atoms with Crippen LogP contribution in [0, 0.1) is 16.7 Å². The molecule has 0 bridgehead atoms. The lowest BCUT2D eigenvalue weighted by molar-refractivity contribution is 0.109. The van der Waals surface area contributed by atoms with E-state index in [2.05, 4.69) is 31.7 Å². The second-order valence-corrected chi connectivity index (χ2v) is 5.06. The molecule has 0 saturated carbocycles. The normalized spacial score (nSPS) is 16.4. The van der Waals surface area contributed by atoms with Gasteiger partial charge >= 0.3 is 0 Å². The van der Waals surface area contributed by atoms with Gasteiger partial charge in [0.25, 0.3) is 0 Å². The highest BCUT2D eigenvalue weighted by Gasteiger charge is 2.30. The summed E-state index contributed by atoms with van der Waals surface area (Å²) >= 11 is 0. The maximum absolute atomic E-state index is 8.53. The smallest absolute Gasteiger partial charge is 0.0635 e. The van der Waals surface area contributed by atoms with Crippen LogP contribution in [0.3, 0.4) is 0 Å². The first kappa shape index (κ1) is 13.4. The first-order valence-corrected chi connectivity index (χ1v) is 5.13. The maximum atomic E-state index is 8.53. The quantitative estimate of drug-likeness (QED) is 0.744. The second-order valence-electron chi connectivity index (χ2n) is 5.06. The van der Waals surface area contributed by atoms with E-state index >= 15 is 0 Å². The molecule has 0 radical (unpaired) electrons. The van der Waals surface area contributed by atoms with Crippen molar-refractivity contribution in [2.75, 3.05) is 13.6 Å². The van der Waals surface area contributed by atoms with Crippen molar-refractivity contribution in [3.05, 3.63) is 0 Å². The van der Waals surface area contributed by atoms with Gasteiger partial charge in [0.05, 0.1) is 6.07 Å². The summed E-state index contributed by atoms with van der Waals surface area (Å²) in [5.41, 5.74) is 6.12. The summed E-state index contributed by atoms with van der Waals surface area (Å²) in [5, 5.41) is 8.53. The molecule has 0 rings (SSSR count). The first-order chi connectivity index (χ1) is 6.30. The highest BCUT2D eigenvalue weighted by molar-refractivity contribution is 4.88. The van der Waals surface area contributed by atoms with Crippen molar-refractivity contribution in [3.8, 4) is 6.07 Å². The lowest BCUT2D eigenvalue weighted by atomic mass is 9.82. The SMILES string of the molecule is CC(N)C(N(C)CCC#N)C(C)(C)C. The predicted molar refractivity (Wildman–Crippen MR) is 59.8 cm³/mol. The van der Waals surface area contributed by atoms with Crippen LogP contribution in [0.25, 0.3) is 0 Å². The van der Waals surface area contributed by atoms with E-state index in [-0.39, 0.29) is 11.5 Å². The molecule has 0 saturated heterocycles. The maximum Gasteiger partial charge on any atom is 0.0635 e. The Morgan fingerprint density at radius 2 is 1.93 bits per heavy atom. The Morgan fingerprint density at radius 1 is 1.43 bits per heavy atom. The molecule has 3 heteroatoms. The van der Waals surface area contributed by atoms with Gasteiger partial charge in [0.1, 0.15) is 0 Å². The van der Waals surface area contributed by atoms with E-state index in [4.69, 9.17) is 11.0 Å². The van der Waals surface area contributed by atoms with Crippen molar-refractivity contribution < 1.29 is 0 Å². The van der Waals surface area contributed by atoms with Gasteiger partial charge in [-0.25, -0.2) is 0 Å². The molecule has 14 heavy (non-hydrogen) atoms. The molecular formula is C11H23N3. The Labute approximate surface area is 87.9 Å². The van der Waals surface area contributed by atoms with Crippen LogP contribution in [0.5, 0.6) is 0 Å². The summed E-state index contributed by atoms with van der Waals surface area (Å²) in [6, 6.07) is 2.60. The fraction of sp³-hybridized carbons (Fsp3) is 0.909. The van der Waals surface area contributed by atoms with Crippen LogP contribution in [0.15, 0.2) is 0 Å². The molecule has 0 heterocycles. The summed E-state index contributed by atoms with van der Waals surface area (Å²) < 4.78 is 0. The topological polar surface area (TPSA) is 53.0 Å². The van der Waals surface area contributed by atoms with Gasteiger partial charge in [0.2, 0.25) is 0 Å². The van der Waals surface area contributed by atoms with E-state index in [1.165, 1.54) is 0 Å². The van der Waals surface area contributed by atoms with E-state index in [9.17, 15) is 0 Å². The Bertz CT molecular complexity index is 198. The molecule has 0 aromatic heterocycles. The molecule has 0 amide bonds. The molecule has 0 fully saturated rings. The summed E-state index contributed by atoms with van der Waals surface area (Å²) in [6.45, 7) is 9.37. The van der Waals surface area contributed by atoms with Gasteiger partial charge < -0.3 is 10.6 Å². The van der Waals surface area contributed by atoms with E-state index in [0.29, 0.717) is 12.5 Å². The first-order valence-electron chi connectivity index (χ1n) is 5.13. The van der Waals surface area contributed by atoms with Crippen LogP contribution >= 0.6 is 0 Å². The average molecular weight is 197 g/mol. The number of nitrogens with zero attached hydrogens (tertiary/aromatic N) is 2. The van der Waals surface area contributed by atoms with Crippen molar-refractivity contribution in [1.29, 1.82) is 5.26 Å². The van der Waals surface area contributed by atoms with Gasteiger partial charge in [0, 0.05) is 25.0 Å². The van der Waals surface area contributed by atoms with E-state index in [0.717, 1.165) is 6.54 Å². The number of hydrogen-bond donors (Lipinski definition) is 1. The number of hydrogen-bond acceptors (Lipinski definition) is 3. The summed E-state index contributed by atoms with van der Waals surface area (Å²) in [7, 11) is 2.04. The molecule has 0 aliphatic rings. The molecular weight excluding hydrogens is 174 g/mol. The molecule has 0 spiro atoms.